The first-order valence-corrected chi connectivity index (χ1v) is 7.24. The van der Waals surface area contributed by atoms with E-state index in [0.29, 0.717) is 22.6 Å². The van der Waals surface area contributed by atoms with Crippen molar-refractivity contribution in [2.75, 3.05) is 14.2 Å². The van der Waals surface area contributed by atoms with Gasteiger partial charge in [-0.2, -0.15) is 0 Å². The Kier molecular flexibility index (Phi) is 5.33. The van der Waals surface area contributed by atoms with Gasteiger partial charge in [0.05, 0.1) is 18.7 Å². The van der Waals surface area contributed by atoms with Gasteiger partial charge in [-0.05, 0) is 64.5 Å². The van der Waals surface area contributed by atoms with Crippen molar-refractivity contribution in [3.8, 4) is 11.5 Å². The smallest absolute Gasteiger partial charge is 0.185 e. The Morgan fingerprint density at radius 3 is 2.32 bits per heavy atom. The Labute approximate surface area is 136 Å². The van der Waals surface area contributed by atoms with E-state index in [1.807, 2.05) is 0 Å². The molecule has 0 heterocycles. The molecule has 22 heavy (non-hydrogen) atoms. The Bertz CT molecular complexity index is 709. The molecule has 0 atom stereocenters. The van der Waals surface area contributed by atoms with E-state index >= 15 is 0 Å². The van der Waals surface area contributed by atoms with Crippen molar-refractivity contribution in [3.05, 3.63) is 63.9 Å². The van der Waals surface area contributed by atoms with Gasteiger partial charge in [0.25, 0.3) is 0 Å². The maximum Gasteiger partial charge on any atom is 0.185 e. The molecule has 0 saturated heterocycles. The molecular formula is C17H14BrFO3. The fourth-order valence-corrected chi connectivity index (χ4v) is 2.37. The summed E-state index contributed by atoms with van der Waals surface area (Å²) in [5, 5.41) is 0. The first-order valence-electron chi connectivity index (χ1n) is 6.44. The number of ketones is 1. The van der Waals surface area contributed by atoms with Crippen LogP contribution in [0.5, 0.6) is 11.5 Å². The summed E-state index contributed by atoms with van der Waals surface area (Å²) in [6.45, 7) is 0. The lowest BCUT2D eigenvalue weighted by Crippen LogP contribution is -1.95. The van der Waals surface area contributed by atoms with Gasteiger partial charge in [0.1, 0.15) is 17.3 Å². The predicted octanol–water partition coefficient (Wildman–Crippen LogP) is 4.50. The molecule has 0 aliphatic heterocycles. The second-order valence-electron chi connectivity index (χ2n) is 4.43. The molecule has 2 rings (SSSR count). The van der Waals surface area contributed by atoms with Gasteiger partial charge in [0, 0.05) is 11.1 Å². The van der Waals surface area contributed by atoms with Crippen LogP contribution in [0.4, 0.5) is 4.39 Å². The van der Waals surface area contributed by atoms with Crippen molar-refractivity contribution in [2.45, 2.75) is 0 Å². The largest absolute Gasteiger partial charge is 0.496 e. The summed E-state index contributed by atoms with van der Waals surface area (Å²) in [6, 6.07) is 8.93. The molecule has 0 amide bonds. The van der Waals surface area contributed by atoms with Crippen LogP contribution in [0.2, 0.25) is 0 Å². The van der Waals surface area contributed by atoms with Crippen molar-refractivity contribution in [2.24, 2.45) is 0 Å². The van der Waals surface area contributed by atoms with Gasteiger partial charge < -0.3 is 9.47 Å². The summed E-state index contributed by atoms with van der Waals surface area (Å²) >= 11 is 3.37. The van der Waals surface area contributed by atoms with Crippen LogP contribution in [-0.4, -0.2) is 20.0 Å². The molecule has 0 fully saturated rings. The first-order chi connectivity index (χ1) is 10.5. The van der Waals surface area contributed by atoms with Crippen LogP contribution < -0.4 is 9.47 Å². The van der Waals surface area contributed by atoms with Crippen LogP contribution in [0, 0.1) is 5.82 Å². The second-order valence-corrected chi connectivity index (χ2v) is 5.29. The highest BCUT2D eigenvalue weighted by molar-refractivity contribution is 9.10. The molecule has 0 radical (unpaired) electrons. The zero-order valence-electron chi connectivity index (χ0n) is 12.1. The van der Waals surface area contributed by atoms with Crippen molar-refractivity contribution in [1.82, 2.24) is 0 Å². The van der Waals surface area contributed by atoms with Gasteiger partial charge >= 0.3 is 0 Å². The average Bonchev–Trinajstić information content (AvgIpc) is 2.53. The summed E-state index contributed by atoms with van der Waals surface area (Å²) < 4.78 is 24.1. The number of halogens is 2. The fourth-order valence-electron chi connectivity index (χ4n) is 1.89. The number of allylic oxidation sites excluding steroid dienone is 1. The fraction of sp³-hybridized carbons (Fsp3) is 0.118. The molecule has 0 unspecified atom stereocenters. The molecule has 0 spiro atoms. The minimum absolute atomic E-state index is 0.219. The van der Waals surface area contributed by atoms with E-state index in [2.05, 4.69) is 15.9 Å². The van der Waals surface area contributed by atoms with Crippen molar-refractivity contribution in [1.29, 1.82) is 0 Å². The molecule has 0 saturated carbocycles. The zero-order valence-corrected chi connectivity index (χ0v) is 13.7. The number of methoxy groups -OCH3 is 2. The molecule has 5 heteroatoms. The van der Waals surface area contributed by atoms with Crippen LogP contribution >= 0.6 is 15.9 Å². The minimum Gasteiger partial charge on any atom is -0.496 e. The highest BCUT2D eigenvalue weighted by Crippen LogP contribution is 2.33. The molecule has 0 N–H and O–H groups in total. The second kappa shape index (κ2) is 7.22. The summed E-state index contributed by atoms with van der Waals surface area (Å²) in [4.78, 5) is 12.1. The number of rotatable bonds is 5. The van der Waals surface area contributed by atoms with E-state index in [1.54, 1.807) is 32.4 Å². The summed E-state index contributed by atoms with van der Waals surface area (Å²) in [6.07, 6.45) is 3.05. The Morgan fingerprint density at radius 2 is 1.73 bits per heavy atom. The van der Waals surface area contributed by atoms with Crippen LogP contribution in [-0.2, 0) is 0 Å². The third kappa shape index (κ3) is 3.74. The van der Waals surface area contributed by atoms with Crippen LogP contribution in [0.1, 0.15) is 15.9 Å². The summed E-state index contributed by atoms with van der Waals surface area (Å²) in [7, 11) is 3.11. The Morgan fingerprint density at radius 1 is 1.09 bits per heavy atom. The SMILES string of the molecule is COc1cc(C=CC(=O)c2ccc(F)cc2)c(OC)cc1Br. The maximum atomic E-state index is 12.9. The molecule has 3 nitrogen and oxygen atoms in total. The molecule has 2 aromatic carbocycles. The number of benzene rings is 2. The Balaban J connectivity index is 2.29. The molecular weight excluding hydrogens is 351 g/mol. The molecule has 0 aromatic heterocycles. The quantitative estimate of drug-likeness (QED) is 0.578. The third-order valence-corrected chi connectivity index (χ3v) is 3.67. The lowest BCUT2D eigenvalue weighted by Gasteiger charge is -2.09. The molecule has 114 valence electrons. The summed E-state index contributed by atoms with van der Waals surface area (Å²) in [5.74, 6) is 0.647. The highest BCUT2D eigenvalue weighted by Gasteiger charge is 2.08. The van der Waals surface area contributed by atoms with Gasteiger partial charge in [-0.3, -0.25) is 4.79 Å². The van der Waals surface area contributed by atoms with Gasteiger partial charge in [0.15, 0.2) is 5.78 Å². The third-order valence-electron chi connectivity index (χ3n) is 3.05. The van der Waals surface area contributed by atoms with E-state index in [4.69, 9.17) is 9.47 Å². The zero-order chi connectivity index (χ0) is 16.1. The van der Waals surface area contributed by atoms with Crippen molar-refractivity contribution >= 4 is 27.8 Å². The lowest BCUT2D eigenvalue weighted by molar-refractivity contribution is 0.104. The molecule has 0 aliphatic rings. The van der Waals surface area contributed by atoms with E-state index in [1.165, 1.54) is 30.3 Å². The van der Waals surface area contributed by atoms with E-state index < -0.39 is 0 Å². The standard InChI is InChI=1S/C17H14BrFO3/c1-21-16-10-14(18)17(22-2)9-12(16)5-8-15(20)11-3-6-13(19)7-4-11/h3-10H,1-2H3. The number of carbonyl (C=O) groups excluding carboxylic acids is 1. The molecule has 0 aliphatic carbocycles. The predicted molar refractivity (Wildman–Crippen MR) is 87.0 cm³/mol. The van der Waals surface area contributed by atoms with E-state index in [9.17, 15) is 9.18 Å². The lowest BCUT2D eigenvalue weighted by atomic mass is 10.1. The van der Waals surface area contributed by atoms with E-state index in [0.717, 1.165) is 4.47 Å². The number of hydrogen-bond acceptors (Lipinski definition) is 3. The van der Waals surface area contributed by atoms with Gasteiger partial charge in [-0.15, -0.1) is 0 Å². The van der Waals surface area contributed by atoms with E-state index in [-0.39, 0.29) is 11.6 Å². The van der Waals surface area contributed by atoms with Crippen LogP contribution in [0.25, 0.3) is 6.08 Å². The van der Waals surface area contributed by atoms with Crippen LogP contribution in [0.3, 0.4) is 0 Å². The normalized spacial score (nSPS) is 10.7. The topological polar surface area (TPSA) is 35.5 Å². The van der Waals surface area contributed by atoms with Crippen LogP contribution in [0.15, 0.2) is 46.9 Å². The minimum atomic E-state index is -0.375. The monoisotopic (exact) mass is 364 g/mol. The number of hydrogen-bond donors (Lipinski definition) is 0. The van der Waals surface area contributed by atoms with Gasteiger partial charge in [-0.1, -0.05) is 0 Å². The van der Waals surface area contributed by atoms with Crippen molar-refractivity contribution in [3.63, 3.8) is 0 Å². The highest BCUT2D eigenvalue weighted by atomic mass is 79.9. The van der Waals surface area contributed by atoms with Crippen molar-refractivity contribution < 1.29 is 18.7 Å². The number of ether oxygens (including phenoxy) is 2. The summed E-state index contributed by atoms with van der Waals surface area (Å²) in [5.41, 5.74) is 1.12. The molecule has 0 bridgehead atoms. The first kappa shape index (κ1) is 16.2. The average molecular weight is 365 g/mol. The molecule has 2 aromatic rings. The Hall–Kier alpha value is -2.14. The van der Waals surface area contributed by atoms with Gasteiger partial charge in [0.2, 0.25) is 0 Å². The number of carbonyl (C=O) groups is 1. The van der Waals surface area contributed by atoms with Gasteiger partial charge in [-0.25, -0.2) is 4.39 Å². The maximum absolute atomic E-state index is 12.9.